The summed E-state index contributed by atoms with van der Waals surface area (Å²) in [4.78, 5) is 23.6. The Morgan fingerprint density at radius 3 is 2.77 bits per heavy atom. The number of aryl methyl sites for hydroxylation is 2. The number of amides is 1. The molecule has 9 heteroatoms. The minimum absolute atomic E-state index is 0.118. The van der Waals surface area contributed by atoms with Crippen LogP contribution in [0.1, 0.15) is 32.8 Å². The predicted molar refractivity (Wildman–Crippen MR) is 135 cm³/mol. The topological polar surface area (TPSA) is 89.6 Å². The molecule has 1 amide bonds. The maximum Gasteiger partial charge on any atom is 0.410 e. The number of anilines is 1. The van der Waals surface area contributed by atoms with E-state index in [2.05, 4.69) is 39.0 Å². The first-order chi connectivity index (χ1) is 16.7. The van der Waals surface area contributed by atoms with E-state index in [9.17, 15) is 4.79 Å². The number of carbonyl (C=O) groups is 1. The van der Waals surface area contributed by atoms with E-state index >= 15 is 0 Å². The van der Waals surface area contributed by atoms with E-state index in [1.807, 2.05) is 64.6 Å². The van der Waals surface area contributed by atoms with Gasteiger partial charge in [0.05, 0.1) is 23.8 Å². The van der Waals surface area contributed by atoms with Crippen molar-refractivity contribution < 1.29 is 9.53 Å². The Hall–Kier alpha value is -3.88. The van der Waals surface area contributed by atoms with Crippen molar-refractivity contribution >= 4 is 17.6 Å². The number of hydrogen-bond donors (Lipinski definition) is 1. The lowest BCUT2D eigenvalue weighted by Gasteiger charge is -2.24. The highest BCUT2D eigenvalue weighted by Crippen LogP contribution is 2.28. The van der Waals surface area contributed by atoms with Crippen LogP contribution in [-0.2, 0) is 11.8 Å². The summed E-state index contributed by atoms with van der Waals surface area (Å²) >= 11 is 0. The largest absolute Gasteiger partial charge is 0.444 e. The van der Waals surface area contributed by atoms with Gasteiger partial charge in [-0.25, -0.2) is 14.8 Å². The van der Waals surface area contributed by atoms with E-state index in [1.54, 1.807) is 9.58 Å². The lowest BCUT2D eigenvalue weighted by Crippen LogP contribution is -2.36. The van der Waals surface area contributed by atoms with E-state index in [4.69, 9.17) is 9.72 Å². The van der Waals surface area contributed by atoms with Crippen molar-refractivity contribution in [3.05, 3.63) is 54.6 Å². The van der Waals surface area contributed by atoms with Gasteiger partial charge in [-0.1, -0.05) is 6.07 Å². The van der Waals surface area contributed by atoms with Gasteiger partial charge in [0.15, 0.2) is 0 Å². The number of fused-ring (bicyclic) bond motifs is 1. The zero-order valence-corrected chi connectivity index (χ0v) is 20.8. The number of rotatable bonds is 4. The van der Waals surface area contributed by atoms with Gasteiger partial charge >= 0.3 is 6.09 Å². The third-order valence-corrected chi connectivity index (χ3v) is 6.07. The predicted octanol–water partition coefficient (Wildman–Crippen LogP) is 4.53. The Morgan fingerprint density at radius 2 is 2.03 bits per heavy atom. The molecule has 0 aliphatic carbocycles. The number of nitrogens with zero attached hydrogens (tertiary/aromatic N) is 6. The number of carbonyl (C=O) groups excluding carboxylic acids is 1. The molecule has 4 aromatic rings. The van der Waals surface area contributed by atoms with Gasteiger partial charge in [-0.2, -0.15) is 5.10 Å². The van der Waals surface area contributed by atoms with Crippen LogP contribution in [0.3, 0.4) is 0 Å². The average molecular weight is 474 g/mol. The summed E-state index contributed by atoms with van der Waals surface area (Å²) in [5, 5.41) is 7.80. The molecule has 0 bridgehead atoms. The molecule has 9 nitrogen and oxygen atoms in total. The highest BCUT2D eigenvalue weighted by molar-refractivity contribution is 5.71. The molecular weight excluding hydrogens is 442 g/mol. The molecule has 1 saturated heterocycles. The lowest BCUT2D eigenvalue weighted by molar-refractivity contribution is 0.0293. The van der Waals surface area contributed by atoms with Gasteiger partial charge in [0.25, 0.3) is 0 Å². The molecule has 0 radical (unpaired) electrons. The molecule has 5 heterocycles. The third-order valence-electron chi connectivity index (χ3n) is 6.07. The highest BCUT2D eigenvalue weighted by atomic mass is 16.6. The minimum Gasteiger partial charge on any atom is -0.444 e. The molecule has 35 heavy (non-hydrogen) atoms. The van der Waals surface area contributed by atoms with E-state index in [0.717, 1.165) is 46.0 Å². The van der Waals surface area contributed by atoms with Crippen LogP contribution in [0.2, 0.25) is 0 Å². The Balaban J connectivity index is 1.37. The fourth-order valence-electron chi connectivity index (χ4n) is 4.41. The standard InChI is InChI=1S/C26H31N7O2/c1-17-11-24-27-13-22(33(24)16-20(17)18-12-28-31(5)14-18)21-7-6-8-23(30-21)29-19-9-10-32(15-19)25(34)35-26(2,3)4/h6-8,11-14,16,19H,9-10,15H2,1-5H3,(H,29,30). The highest BCUT2D eigenvalue weighted by Gasteiger charge is 2.30. The molecule has 1 atom stereocenters. The van der Waals surface area contributed by atoms with Gasteiger partial charge in [-0.3, -0.25) is 9.08 Å². The SMILES string of the molecule is Cc1cc2ncc(-c3cccc(NC4CCN(C(=O)OC(C)(C)C)C4)n3)n2cc1-c1cnn(C)c1. The molecule has 1 aliphatic heterocycles. The maximum atomic E-state index is 12.4. The van der Waals surface area contributed by atoms with Crippen LogP contribution in [-0.4, -0.2) is 59.9 Å². The molecule has 1 fully saturated rings. The van der Waals surface area contributed by atoms with Gasteiger partial charge in [0.1, 0.15) is 17.1 Å². The number of pyridine rings is 2. The van der Waals surface area contributed by atoms with Crippen LogP contribution >= 0.6 is 0 Å². The first-order valence-electron chi connectivity index (χ1n) is 11.8. The van der Waals surface area contributed by atoms with Crippen LogP contribution in [0, 0.1) is 6.92 Å². The fraction of sp³-hybridized carbons (Fsp3) is 0.385. The molecule has 1 aliphatic rings. The van der Waals surface area contributed by atoms with Gasteiger partial charge in [-0.15, -0.1) is 0 Å². The normalized spacial score (nSPS) is 16.1. The number of hydrogen-bond acceptors (Lipinski definition) is 6. The van der Waals surface area contributed by atoms with Crippen LogP contribution < -0.4 is 5.32 Å². The van der Waals surface area contributed by atoms with Gasteiger partial charge in [0, 0.05) is 49.7 Å². The molecule has 0 saturated carbocycles. The monoisotopic (exact) mass is 473 g/mol. The molecular formula is C26H31N7O2. The van der Waals surface area contributed by atoms with Crippen molar-refractivity contribution in [2.24, 2.45) is 7.05 Å². The van der Waals surface area contributed by atoms with Gasteiger partial charge in [-0.05, 0) is 57.9 Å². The summed E-state index contributed by atoms with van der Waals surface area (Å²) < 4.78 is 9.38. The first-order valence-corrected chi connectivity index (χ1v) is 11.8. The van der Waals surface area contributed by atoms with Crippen LogP contribution in [0.4, 0.5) is 10.6 Å². The quantitative estimate of drug-likeness (QED) is 0.469. The summed E-state index contributed by atoms with van der Waals surface area (Å²) in [5.41, 5.74) is 5.41. The Labute approximate surface area is 204 Å². The number of aromatic nitrogens is 5. The zero-order valence-electron chi connectivity index (χ0n) is 20.8. The summed E-state index contributed by atoms with van der Waals surface area (Å²) in [6.07, 6.45) is 8.41. The smallest absolute Gasteiger partial charge is 0.410 e. The second kappa shape index (κ2) is 8.72. The van der Waals surface area contributed by atoms with Crippen molar-refractivity contribution in [2.45, 2.75) is 45.8 Å². The van der Waals surface area contributed by atoms with E-state index in [0.29, 0.717) is 13.1 Å². The number of ether oxygens (including phenoxy) is 1. The summed E-state index contributed by atoms with van der Waals surface area (Å²) in [5.74, 6) is 0.771. The van der Waals surface area contributed by atoms with Crippen molar-refractivity contribution in [3.63, 3.8) is 0 Å². The number of nitrogens with one attached hydrogen (secondary N) is 1. The summed E-state index contributed by atoms with van der Waals surface area (Å²) in [6, 6.07) is 8.12. The van der Waals surface area contributed by atoms with Gasteiger partial charge in [0.2, 0.25) is 0 Å². The third kappa shape index (κ3) is 4.84. The average Bonchev–Trinajstić information content (AvgIpc) is 3.52. The molecule has 5 rings (SSSR count). The lowest BCUT2D eigenvalue weighted by atomic mass is 10.1. The van der Waals surface area contributed by atoms with Crippen LogP contribution in [0.25, 0.3) is 28.2 Å². The van der Waals surface area contributed by atoms with Crippen molar-refractivity contribution in [1.29, 1.82) is 0 Å². The zero-order chi connectivity index (χ0) is 24.7. The molecule has 182 valence electrons. The van der Waals surface area contributed by atoms with E-state index < -0.39 is 5.60 Å². The van der Waals surface area contributed by atoms with Crippen LogP contribution in [0.15, 0.2) is 49.1 Å². The van der Waals surface area contributed by atoms with Crippen LogP contribution in [0.5, 0.6) is 0 Å². The Bertz CT molecular complexity index is 1380. The van der Waals surface area contributed by atoms with Crippen molar-refractivity contribution in [1.82, 2.24) is 29.0 Å². The van der Waals surface area contributed by atoms with E-state index in [1.165, 1.54) is 0 Å². The Kier molecular flexibility index (Phi) is 5.70. The van der Waals surface area contributed by atoms with Gasteiger partial charge < -0.3 is 15.0 Å². The number of imidazole rings is 1. The summed E-state index contributed by atoms with van der Waals surface area (Å²) in [6.45, 7) is 8.98. The maximum absolute atomic E-state index is 12.4. The van der Waals surface area contributed by atoms with Crippen molar-refractivity contribution in [3.8, 4) is 22.5 Å². The second-order valence-corrected chi connectivity index (χ2v) is 10.1. The van der Waals surface area contributed by atoms with E-state index in [-0.39, 0.29) is 12.1 Å². The molecule has 0 aromatic carbocycles. The Morgan fingerprint density at radius 1 is 1.20 bits per heavy atom. The summed E-state index contributed by atoms with van der Waals surface area (Å²) in [7, 11) is 1.92. The first kappa shape index (κ1) is 22.9. The minimum atomic E-state index is -0.498. The second-order valence-electron chi connectivity index (χ2n) is 10.1. The van der Waals surface area contributed by atoms with Crippen molar-refractivity contribution in [2.75, 3.05) is 18.4 Å². The molecule has 1 N–H and O–H groups in total. The fourth-order valence-corrected chi connectivity index (χ4v) is 4.41. The molecule has 4 aromatic heterocycles. The number of likely N-dealkylation sites (tertiary alicyclic amines) is 1. The molecule has 0 spiro atoms. The molecule has 1 unspecified atom stereocenters.